The van der Waals surface area contributed by atoms with Crippen molar-refractivity contribution in [2.75, 3.05) is 11.9 Å². The van der Waals surface area contributed by atoms with E-state index in [1.807, 2.05) is 41.2 Å². The van der Waals surface area contributed by atoms with Gasteiger partial charge in [-0.05, 0) is 36.8 Å². The molecular weight excluding hydrogens is 212 g/mol. The highest BCUT2D eigenvalue weighted by molar-refractivity contribution is 5.48. The minimum absolute atomic E-state index is 0.209. The van der Waals surface area contributed by atoms with E-state index in [0.29, 0.717) is 0 Å². The molecule has 1 aromatic heterocycles. The van der Waals surface area contributed by atoms with Crippen molar-refractivity contribution in [1.29, 1.82) is 0 Å². The zero-order valence-corrected chi connectivity index (χ0v) is 10.0. The molecule has 1 heterocycles. The Morgan fingerprint density at radius 1 is 1.35 bits per heavy atom. The van der Waals surface area contributed by atoms with Crippen LogP contribution in [0, 0.1) is 0 Å². The van der Waals surface area contributed by atoms with Gasteiger partial charge in [0, 0.05) is 30.7 Å². The lowest BCUT2D eigenvalue weighted by molar-refractivity contribution is 0.679. The summed E-state index contributed by atoms with van der Waals surface area (Å²) in [5.41, 5.74) is 7.99. The van der Waals surface area contributed by atoms with E-state index < -0.39 is 0 Å². The van der Waals surface area contributed by atoms with E-state index in [4.69, 9.17) is 5.73 Å². The van der Waals surface area contributed by atoms with Crippen LogP contribution in [0.15, 0.2) is 42.7 Å². The summed E-state index contributed by atoms with van der Waals surface area (Å²) in [5.74, 6) is 0. The van der Waals surface area contributed by atoms with E-state index in [9.17, 15) is 0 Å². The molecule has 0 saturated carbocycles. The maximum Gasteiger partial charge on any atom is 0.0647 e. The fourth-order valence-electron chi connectivity index (χ4n) is 1.55. The highest BCUT2D eigenvalue weighted by Crippen LogP contribution is 2.12. The molecule has 0 amide bonds. The first-order valence-electron chi connectivity index (χ1n) is 5.89. The summed E-state index contributed by atoms with van der Waals surface area (Å²) in [7, 11) is 0. The van der Waals surface area contributed by atoms with Crippen molar-refractivity contribution in [1.82, 2.24) is 9.78 Å². The first kappa shape index (κ1) is 11.7. The fourth-order valence-corrected chi connectivity index (χ4v) is 1.55. The van der Waals surface area contributed by atoms with Gasteiger partial charge in [-0.25, -0.2) is 4.68 Å². The minimum atomic E-state index is 0.209. The highest BCUT2D eigenvalue weighted by Gasteiger charge is 1.99. The van der Waals surface area contributed by atoms with Gasteiger partial charge >= 0.3 is 0 Å². The van der Waals surface area contributed by atoms with E-state index in [0.717, 1.165) is 24.3 Å². The number of nitrogens with two attached hydrogens (primary N) is 1. The molecule has 2 aromatic rings. The molecule has 0 fully saturated rings. The van der Waals surface area contributed by atoms with Gasteiger partial charge < -0.3 is 11.1 Å². The molecule has 0 unspecified atom stereocenters. The van der Waals surface area contributed by atoms with Gasteiger partial charge in [0.15, 0.2) is 0 Å². The van der Waals surface area contributed by atoms with Crippen LogP contribution in [0.1, 0.15) is 13.3 Å². The van der Waals surface area contributed by atoms with Crippen molar-refractivity contribution in [3.05, 3.63) is 42.7 Å². The molecule has 4 heteroatoms. The first-order chi connectivity index (χ1) is 8.29. The molecule has 0 radical (unpaired) electrons. The minimum Gasteiger partial charge on any atom is -0.383 e. The molecule has 0 spiro atoms. The molecule has 17 heavy (non-hydrogen) atoms. The zero-order chi connectivity index (χ0) is 12.1. The molecule has 3 N–H and O–H groups in total. The Morgan fingerprint density at radius 2 is 2.12 bits per heavy atom. The quantitative estimate of drug-likeness (QED) is 0.826. The van der Waals surface area contributed by atoms with Crippen molar-refractivity contribution in [2.24, 2.45) is 5.73 Å². The van der Waals surface area contributed by atoms with Gasteiger partial charge in [0.2, 0.25) is 0 Å². The van der Waals surface area contributed by atoms with Crippen LogP contribution in [0.2, 0.25) is 0 Å². The SMILES string of the molecule is CC[C@H](N)CNc1ccc(-n2cccn2)cc1. The Labute approximate surface area is 101 Å². The van der Waals surface area contributed by atoms with Crippen LogP contribution in [0.3, 0.4) is 0 Å². The van der Waals surface area contributed by atoms with Crippen LogP contribution >= 0.6 is 0 Å². The fraction of sp³-hybridized carbons (Fsp3) is 0.308. The number of anilines is 1. The number of aromatic nitrogens is 2. The number of hydrogen-bond acceptors (Lipinski definition) is 3. The molecule has 2 rings (SSSR count). The van der Waals surface area contributed by atoms with E-state index in [1.54, 1.807) is 6.20 Å². The zero-order valence-electron chi connectivity index (χ0n) is 10.0. The Hall–Kier alpha value is -1.81. The number of nitrogens with zero attached hydrogens (tertiary/aromatic N) is 2. The van der Waals surface area contributed by atoms with Gasteiger partial charge in [0.05, 0.1) is 5.69 Å². The lowest BCUT2D eigenvalue weighted by Gasteiger charge is -2.11. The second kappa shape index (κ2) is 5.50. The maximum atomic E-state index is 5.85. The number of nitrogens with one attached hydrogen (secondary N) is 1. The smallest absolute Gasteiger partial charge is 0.0647 e. The van der Waals surface area contributed by atoms with Crippen LogP contribution in [0.5, 0.6) is 0 Å². The van der Waals surface area contributed by atoms with Crippen LogP contribution < -0.4 is 11.1 Å². The van der Waals surface area contributed by atoms with E-state index >= 15 is 0 Å². The first-order valence-corrected chi connectivity index (χ1v) is 5.89. The second-order valence-corrected chi connectivity index (χ2v) is 4.05. The topological polar surface area (TPSA) is 55.9 Å². The molecule has 0 aliphatic carbocycles. The van der Waals surface area contributed by atoms with Crippen LogP contribution in [0.25, 0.3) is 5.69 Å². The summed E-state index contributed by atoms with van der Waals surface area (Å²) in [6.07, 6.45) is 4.68. The predicted octanol–water partition coefficient (Wildman–Crippen LogP) is 2.02. The number of hydrogen-bond donors (Lipinski definition) is 2. The second-order valence-electron chi connectivity index (χ2n) is 4.05. The largest absolute Gasteiger partial charge is 0.383 e. The Morgan fingerprint density at radius 3 is 2.71 bits per heavy atom. The van der Waals surface area contributed by atoms with Gasteiger partial charge in [-0.3, -0.25) is 0 Å². The van der Waals surface area contributed by atoms with Crippen molar-refractivity contribution in [3.63, 3.8) is 0 Å². The lowest BCUT2D eigenvalue weighted by Crippen LogP contribution is -2.27. The number of rotatable bonds is 5. The number of benzene rings is 1. The average molecular weight is 230 g/mol. The average Bonchev–Trinajstić information content (AvgIpc) is 2.90. The van der Waals surface area contributed by atoms with Crippen LogP contribution in [-0.4, -0.2) is 22.4 Å². The maximum absolute atomic E-state index is 5.85. The van der Waals surface area contributed by atoms with Crippen molar-refractivity contribution < 1.29 is 0 Å². The molecule has 1 aromatic carbocycles. The molecule has 0 bridgehead atoms. The molecule has 90 valence electrons. The summed E-state index contributed by atoms with van der Waals surface area (Å²) in [4.78, 5) is 0. The molecule has 0 aliphatic heterocycles. The van der Waals surface area contributed by atoms with Gasteiger partial charge in [0.1, 0.15) is 0 Å². The van der Waals surface area contributed by atoms with Gasteiger partial charge in [0.25, 0.3) is 0 Å². The molecule has 0 aliphatic rings. The molecule has 4 nitrogen and oxygen atoms in total. The highest BCUT2D eigenvalue weighted by atomic mass is 15.3. The summed E-state index contributed by atoms with van der Waals surface area (Å²) in [5, 5.41) is 7.49. The summed E-state index contributed by atoms with van der Waals surface area (Å²) < 4.78 is 1.83. The Bertz CT molecular complexity index is 433. The Kier molecular flexibility index (Phi) is 3.77. The Balaban J connectivity index is 1.99. The van der Waals surface area contributed by atoms with E-state index in [-0.39, 0.29) is 6.04 Å². The van der Waals surface area contributed by atoms with E-state index in [2.05, 4.69) is 17.3 Å². The monoisotopic (exact) mass is 230 g/mol. The third kappa shape index (κ3) is 3.07. The van der Waals surface area contributed by atoms with Gasteiger partial charge in [-0.15, -0.1) is 0 Å². The van der Waals surface area contributed by atoms with E-state index in [1.165, 1.54) is 0 Å². The van der Waals surface area contributed by atoms with Gasteiger partial charge in [-0.1, -0.05) is 6.92 Å². The molecule has 1 atom stereocenters. The van der Waals surface area contributed by atoms with Crippen molar-refractivity contribution >= 4 is 5.69 Å². The van der Waals surface area contributed by atoms with Crippen LogP contribution in [0.4, 0.5) is 5.69 Å². The third-order valence-corrected chi connectivity index (χ3v) is 2.73. The van der Waals surface area contributed by atoms with Gasteiger partial charge in [-0.2, -0.15) is 5.10 Å². The van der Waals surface area contributed by atoms with Crippen LogP contribution in [-0.2, 0) is 0 Å². The lowest BCUT2D eigenvalue weighted by atomic mass is 10.2. The summed E-state index contributed by atoms with van der Waals surface area (Å²) in [6, 6.07) is 10.3. The summed E-state index contributed by atoms with van der Waals surface area (Å²) in [6.45, 7) is 2.89. The van der Waals surface area contributed by atoms with Crippen molar-refractivity contribution in [3.8, 4) is 5.69 Å². The van der Waals surface area contributed by atoms with Crippen molar-refractivity contribution in [2.45, 2.75) is 19.4 Å². The summed E-state index contributed by atoms with van der Waals surface area (Å²) >= 11 is 0. The predicted molar refractivity (Wildman–Crippen MR) is 70.3 cm³/mol. The third-order valence-electron chi connectivity index (χ3n) is 2.73. The standard InChI is InChI=1S/C13H18N4/c1-2-11(14)10-15-12-4-6-13(7-5-12)17-9-3-8-16-17/h3-9,11,15H,2,10,14H2,1H3/t11-/m0/s1. The molecular formula is C13H18N4. The normalized spacial score (nSPS) is 12.4. The molecule has 0 saturated heterocycles.